The van der Waals surface area contributed by atoms with E-state index in [-0.39, 0.29) is 11.9 Å². The lowest BCUT2D eigenvalue weighted by Crippen LogP contribution is -2.30. The maximum atomic E-state index is 13.9. The lowest BCUT2D eigenvalue weighted by atomic mass is 9.81. The minimum atomic E-state index is -0.0657. The van der Waals surface area contributed by atoms with Gasteiger partial charge in [0.1, 0.15) is 5.82 Å². The summed E-state index contributed by atoms with van der Waals surface area (Å²) < 4.78 is 13.9. The van der Waals surface area contributed by atoms with Crippen LogP contribution in [0.2, 0.25) is 0 Å². The highest BCUT2D eigenvalue weighted by atomic mass is 19.1. The van der Waals surface area contributed by atoms with Crippen LogP contribution < -0.4 is 5.32 Å². The van der Waals surface area contributed by atoms with Gasteiger partial charge in [0.25, 0.3) is 0 Å². The van der Waals surface area contributed by atoms with E-state index < -0.39 is 0 Å². The van der Waals surface area contributed by atoms with Crippen molar-refractivity contribution in [3.8, 4) is 0 Å². The van der Waals surface area contributed by atoms with E-state index in [1.807, 2.05) is 12.1 Å². The molecule has 1 N–H and O–H groups in total. The lowest BCUT2D eigenvalue weighted by Gasteiger charge is -2.31. The predicted molar refractivity (Wildman–Crippen MR) is 69.4 cm³/mol. The molecule has 1 aromatic rings. The van der Waals surface area contributed by atoms with Crippen LogP contribution in [0.3, 0.4) is 0 Å². The van der Waals surface area contributed by atoms with E-state index in [9.17, 15) is 4.39 Å². The average Bonchev–Trinajstić information content (AvgIpc) is 2.38. The Morgan fingerprint density at radius 3 is 2.59 bits per heavy atom. The third kappa shape index (κ3) is 3.06. The van der Waals surface area contributed by atoms with Gasteiger partial charge in [-0.15, -0.1) is 0 Å². The molecule has 0 saturated heterocycles. The largest absolute Gasteiger partial charge is 0.310 e. The summed E-state index contributed by atoms with van der Waals surface area (Å²) in [5.74, 6) is 0.532. The quantitative estimate of drug-likeness (QED) is 0.830. The van der Waals surface area contributed by atoms with E-state index in [2.05, 4.69) is 12.2 Å². The third-order valence-corrected chi connectivity index (χ3v) is 3.79. The molecule has 94 valence electrons. The van der Waals surface area contributed by atoms with Crippen molar-refractivity contribution < 1.29 is 4.39 Å². The lowest BCUT2D eigenvalue weighted by molar-refractivity contribution is 0.270. The highest BCUT2D eigenvalue weighted by Crippen LogP contribution is 2.35. The van der Waals surface area contributed by atoms with Crippen LogP contribution in [0.1, 0.15) is 50.6 Å². The first-order valence-electron chi connectivity index (χ1n) is 6.80. The molecule has 0 amide bonds. The number of benzene rings is 1. The SMILES string of the molecule is CCNC(c1ccccc1F)C1CCCCC1. The van der Waals surface area contributed by atoms with Gasteiger partial charge in [-0.1, -0.05) is 44.4 Å². The molecule has 1 nitrogen and oxygen atoms in total. The molecule has 2 heteroatoms. The summed E-state index contributed by atoms with van der Waals surface area (Å²) in [5.41, 5.74) is 0.848. The summed E-state index contributed by atoms with van der Waals surface area (Å²) in [6, 6.07) is 7.40. The van der Waals surface area contributed by atoms with Gasteiger partial charge >= 0.3 is 0 Å². The summed E-state index contributed by atoms with van der Waals surface area (Å²) in [5, 5.41) is 3.47. The van der Waals surface area contributed by atoms with Crippen LogP contribution >= 0.6 is 0 Å². The van der Waals surface area contributed by atoms with Crippen molar-refractivity contribution in [3.63, 3.8) is 0 Å². The van der Waals surface area contributed by atoms with Crippen LogP contribution in [0.5, 0.6) is 0 Å². The van der Waals surface area contributed by atoms with E-state index >= 15 is 0 Å². The number of halogens is 1. The van der Waals surface area contributed by atoms with Crippen LogP contribution in [0.25, 0.3) is 0 Å². The average molecular weight is 235 g/mol. The zero-order chi connectivity index (χ0) is 12.1. The second-order valence-corrected chi connectivity index (χ2v) is 4.95. The van der Waals surface area contributed by atoms with Crippen molar-refractivity contribution in [2.24, 2.45) is 5.92 Å². The molecule has 1 aliphatic carbocycles. The highest BCUT2D eigenvalue weighted by molar-refractivity contribution is 5.22. The minimum absolute atomic E-state index is 0.0657. The summed E-state index contributed by atoms with van der Waals surface area (Å²) >= 11 is 0. The molecular formula is C15H22FN. The zero-order valence-corrected chi connectivity index (χ0v) is 10.6. The number of hydrogen-bond donors (Lipinski definition) is 1. The molecule has 1 aromatic carbocycles. The van der Waals surface area contributed by atoms with Gasteiger partial charge in [0.2, 0.25) is 0 Å². The van der Waals surface area contributed by atoms with Crippen molar-refractivity contribution in [2.75, 3.05) is 6.54 Å². The molecule has 1 saturated carbocycles. The van der Waals surface area contributed by atoms with Gasteiger partial charge in [-0.05, 0) is 31.4 Å². The second-order valence-electron chi connectivity index (χ2n) is 4.95. The Labute approximate surface area is 103 Å². The van der Waals surface area contributed by atoms with Gasteiger partial charge in [0, 0.05) is 11.6 Å². The highest BCUT2D eigenvalue weighted by Gasteiger charge is 2.25. The van der Waals surface area contributed by atoms with Crippen LogP contribution in [-0.4, -0.2) is 6.54 Å². The molecule has 1 fully saturated rings. The predicted octanol–water partition coefficient (Wildman–Crippen LogP) is 4.06. The van der Waals surface area contributed by atoms with Gasteiger partial charge in [-0.3, -0.25) is 0 Å². The summed E-state index contributed by atoms with van der Waals surface area (Å²) in [6.07, 6.45) is 6.38. The Morgan fingerprint density at radius 1 is 1.24 bits per heavy atom. The fraction of sp³-hybridized carbons (Fsp3) is 0.600. The number of nitrogens with one attached hydrogen (secondary N) is 1. The van der Waals surface area contributed by atoms with Gasteiger partial charge in [0.15, 0.2) is 0 Å². The molecule has 0 aromatic heterocycles. The van der Waals surface area contributed by atoms with E-state index in [4.69, 9.17) is 0 Å². The Kier molecular flexibility index (Phi) is 4.55. The maximum Gasteiger partial charge on any atom is 0.127 e. The van der Waals surface area contributed by atoms with Crippen molar-refractivity contribution in [3.05, 3.63) is 35.6 Å². The van der Waals surface area contributed by atoms with Gasteiger partial charge < -0.3 is 5.32 Å². The molecule has 0 spiro atoms. The second kappa shape index (κ2) is 6.15. The Bertz CT molecular complexity index is 345. The fourth-order valence-corrected chi connectivity index (χ4v) is 2.95. The molecule has 0 bridgehead atoms. The van der Waals surface area contributed by atoms with E-state index in [1.165, 1.54) is 32.1 Å². The molecular weight excluding hydrogens is 213 g/mol. The van der Waals surface area contributed by atoms with Crippen molar-refractivity contribution in [1.82, 2.24) is 5.32 Å². The van der Waals surface area contributed by atoms with Gasteiger partial charge in [0.05, 0.1) is 0 Å². The minimum Gasteiger partial charge on any atom is -0.310 e. The first kappa shape index (κ1) is 12.6. The molecule has 2 rings (SSSR count). The Balaban J connectivity index is 2.18. The first-order chi connectivity index (χ1) is 8.33. The molecule has 1 aliphatic rings. The number of hydrogen-bond acceptors (Lipinski definition) is 1. The van der Waals surface area contributed by atoms with Crippen LogP contribution in [0.15, 0.2) is 24.3 Å². The normalized spacial score (nSPS) is 19.2. The van der Waals surface area contributed by atoms with Gasteiger partial charge in [-0.2, -0.15) is 0 Å². The Hall–Kier alpha value is -0.890. The molecule has 1 atom stereocenters. The standard InChI is InChI=1S/C15H22FN/c1-2-17-15(12-8-4-3-5-9-12)13-10-6-7-11-14(13)16/h6-7,10-12,15,17H,2-5,8-9H2,1H3. The van der Waals surface area contributed by atoms with E-state index in [0.29, 0.717) is 5.92 Å². The topological polar surface area (TPSA) is 12.0 Å². The van der Waals surface area contributed by atoms with Crippen molar-refractivity contribution in [2.45, 2.75) is 45.1 Å². The molecule has 0 heterocycles. The summed E-state index contributed by atoms with van der Waals surface area (Å²) in [6.45, 7) is 2.99. The van der Waals surface area contributed by atoms with Crippen molar-refractivity contribution >= 4 is 0 Å². The zero-order valence-electron chi connectivity index (χ0n) is 10.6. The Morgan fingerprint density at radius 2 is 1.94 bits per heavy atom. The van der Waals surface area contributed by atoms with Crippen LogP contribution in [-0.2, 0) is 0 Å². The third-order valence-electron chi connectivity index (χ3n) is 3.79. The summed E-state index contributed by atoms with van der Waals surface area (Å²) in [4.78, 5) is 0. The maximum absolute atomic E-state index is 13.9. The fourth-order valence-electron chi connectivity index (χ4n) is 2.95. The van der Waals surface area contributed by atoms with Crippen molar-refractivity contribution in [1.29, 1.82) is 0 Å². The smallest absolute Gasteiger partial charge is 0.127 e. The van der Waals surface area contributed by atoms with Crippen LogP contribution in [0.4, 0.5) is 4.39 Å². The summed E-state index contributed by atoms with van der Waals surface area (Å²) in [7, 11) is 0. The van der Waals surface area contributed by atoms with E-state index in [1.54, 1.807) is 12.1 Å². The van der Waals surface area contributed by atoms with Gasteiger partial charge in [-0.25, -0.2) is 4.39 Å². The van der Waals surface area contributed by atoms with Crippen LogP contribution in [0, 0.1) is 11.7 Å². The first-order valence-corrected chi connectivity index (χ1v) is 6.80. The molecule has 1 unspecified atom stereocenters. The molecule has 0 aliphatic heterocycles. The monoisotopic (exact) mass is 235 g/mol. The molecule has 0 radical (unpaired) electrons. The number of rotatable bonds is 4. The molecule has 17 heavy (non-hydrogen) atoms. The van der Waals surface area contributed by atoms with E-state index in [0.717, 1.165) is 12.1 Å².